The number of aliphatic hydroxyl groups is 1. The number of benzene rings is 2. The van der Waals surface area contributed by atoms with Crippen LogP contribution in [0.3, 0.4) is 0 Å². The summed E-state index contributed by atoms with van der Waals surface area (Å²) in [5.74, 6) is 0.0888. The Kier molecular flexibility index (Phi) is 4.44. The molecule has 2 unspecified atom stereocenters. The van der Waals surface area contributed by atoms with Crippen LogP contribution in [0.15, 0.2) is 65.3 Å². The van der Waals surface area contributed by atoms with E-state index in [0.29, 0.717) is 5.76 Å². The molecule has 0 aliphatic rings. The molecule has 0 radical (unpaired) electrons. The number of hydrogen-bond acceptors (Lipinski definition) is 3. The first-order valence-corrected chi connectivity index (χ1v) is 7.62. The highest BCUT2D eigenvalue weighted by molar-refractivity contribution is 5.87. The van der Waals surface area contributed by atoms with Crippen LogP contribution >= 0.6 is 0 Å². The lowest BCUT2D eigenvalue weighted by Crippen LogP contribution is -2.33. The van der Waals surface area contributed by atoms with E-state index in [1.165, 1.54) is 6.26 Å². The van der Waals surface area contributed by atoms with Crippen LogP contribution in [0.4, 0.5) is 0 Å². The SMILES string of the molecule is CC(C(=O)NC(CO)c1ccco1)c1ccc2ccccc2c1. The van der Waals surface area contributed by atoms with Gasteiger partial charge in [-0.1, -0.05) is 42.5 Å². The molecule has 2 aromatic carbocycles. The number of furan rings is 1. The van der Waals surface area contributed by atoms with Crippen LogP contribution in [0, 0.1) is 0 Å². The van der Waals surface area contributed by atoms with Crippen LogP contribution in [-0.2, 0) is 4.79 Å². The normalized spacial score (nSPS) is 13.7. The number of amides is 1. The van der Waals surface area contributed by atoms with Crippen LogP contribution < -0.4 is 5.32 Å². The Bertz CT molecular complexity index is 795. The third-order valence-corrected chi connectivity index (χ3v) is 4.05. The summed E-state index contributed by atoms with van der Waals surface area (Å²) >= 11 is 0. The predicted molar refractivity (Wildman–Crippen MR) is 89.0 cm³/mol. The average Bonchev–Trinajstić information content (AvgIpc) is 3.12. The summed E-state index contributed by atoms with van der Waals surface area (Å²) in [5, 5.41) is 14.6. The molecule has 3 aromatic rings. The summed E-state index contributed by atoms with van der Waals surface area (Å²) in [6.07, 6.45) is 1.52. The molecule has 2 atom stereocenters. The molecule has 0 fully saturated rings. The van der Waals surface area contributed by atoms with E-state index in [2.05, 4.69) is 5.32 Å². The van der Waals surface area contributed by atoms with Gasteiger partial charge in [0.2, 0.25) is 5.91 Å². The first-order valence-electron chi connectivity index (χ1n) is 7.62. The third kappa shape index (κ3) is 3.27. The molecule has 0 spiro atoms. The maximum Gasteiger partial charge on any atom is 0.227 e. The fraction of sp³-hybridized carbons (Fsp3) is 0.211. The maximum atomic E-state index is 12.5. The van der Waals surface area contributed by atoms with Gasteiger partial charge in [-0.25, -0.2) is 0 Å². The van der Waals surface area contributed by atoms with Gasteiger partial charge in [-0.2, -0.15) is 0 Å². The fourth-order valence-corrected chi connectivity index (χ4v) is 2.62. The van der Waals surface area contributed by atoms with Gasteiger partial charge in [-0.05, 0) is 35.4 Å². The number of carbonyl (C=O) groups is 1. The molecule has 0 aliphatic heterocycles. The Labute approximate surface area is 134 Å². The average molecular weight is 309 g/mol. The lowest BCUT2D eigenvalue weighted by molar-refractivity contribution is -0.123. The molecule has 4 nitrogen and oxygen atoms in total. The van der Waals surface area contributed by atoms with Gasteiger partial charge < -0.3 is 14.8 Å². The van der Waals surface area contributed by atoms with Crippen molar-refractivity contribution in [3.05, 3.63) is 72.2 Å². The Morgan fingerprint density at radius 3 is 2.61 bits per heavy atom. The van der Waals surface area contributed by atoms with Gasteiger partial charge >= 0.3 is 0 Å². The molecule has 4 heteroatoms. The molecule has 1 heterocycles. The summed E-state index contributed by atoms with van der Waals surface area (Å²) in [6, 6.07) is 17.0. The number of fused-ring (bicyclic) bond motifs is 1. The number of hydrogen-bond donors (Lipinski definition) is 2. The first-order chi connectivity index (χ1) is 11.2. The van der Waals surface area contributed by atoms with E-state index in [1.54, 1.807) is 12.1 Å². The highest BCUT2D eigenvalue weighted by Gasteiger charge is 2.21. The third-order valence-electron chi connectivity index (χ3n) is 4.05. The molecule has 23 heavy (non-hydrogen) atoms. The molecular weight excluding hydrogens is 290 g/mol. The van der Waals surface area contributed by atoms with Crippen molar-refractivity contribution in [1.29, 1.82) is 0 Å². The van der Waals surface area contributed by atoms with Gasteiger partial charge in [0, 0.05) is 0 Å². The molecule has 2 N–H and O–H groups in total. The monoisotopic (exact) mass is 309 g/mol. The van der Waals surface area contributed by atoms with Crippen molar-refractivity contribution in [3.8, 4) is 0 Å². The van der Waals surface area contributed by atoms with Crippen LogP contribution in [0.2, 0.25) is 0 Å². The minimum atomic E-state index is -0.527. The topological polar surface area (TPSA) is 62.5 Å². The van der Waals surface area contributed by atoms with Gasteiger partial charge in [0.25, 0.3) is 0 Å². The predicted octanol–water partition coefficient (Wildman–Crippen LogP) is 3.39. The van der Waals surface area contributed by atoms with Crippen molar-refractivity contribution in [1.82, 2.24) is 5.32 Å². The smallest absolute Gasteiger partial charge is 0.227 e. The number of nitrogens with one attached hydrogen (secondary N) is 1. The molecule has 1 amide bonds. The zero-order valence-corrected chi connectivity index (χ0v) is 12.9. The quantitative estimate of drug-likeness (QED) is 0.759. The van der Waals surface area contributed by atoms with Crippen LogP contribution in [0.25, 0.3) is 10.8 Å². The van der Waals surface area contributed by atoms with Gasteiger partial charge in [0.05, 0.1) is 18.8 Å². The van der Waals surface area contributed by atoms with Crippen molar-refractivity contribution in [2.75, 3.05) is 6.61 Å². The lowest BCUT2D eigenvalue weighted by atomic mass is 9.97. The number of aliphatic hydroxyl groups excluding tert-OH is 1. The highest BCUT2D eigenvalue weighted by Crippen LogP contribution is 2.23. The van der Waals surface area contributed by atoms with E-state index >= 15 is 0 Å². The summed E-state index contributed by atoms with van der Waals surface area (Å²) < 4.78 is 5.26. The number of carbonyl (C=O) groups excluding carboxylic acids is 1. The molecule has 1 aromatic heterocycles. The second kappa shape index (κ2) is 6.67. The molecule has 0 aliphatic carbocycles. The van der Waals surface area contributed by atoms with Gasteiger partial charge in [-0.15, -0.1) is 0 Å². The van der Waals surface area contributed by atoms with E-state index in [9.17, 15) is 9.90 Å². The van der Waals surface area contributed by atoms with Crippen molar-refractivity contribution < 1.29 is 14.3 Å². The summed E-state index contributed by atoms with van der Waals surface area (Å²) in [5.41, 5.74) is 0.942. The Hall–Kier alpha value is -2.59. The van der Waals surface area contributed by atoms with Crippen LogP contribution in [-0.4, -0.2) is 17.6 Å². The van der Waals surface area contributed by atoms with Crippen molar-refractivity contribution in [3.63, 3.8) is 0 Å². The Balaban J connectivity index is 1.77. The van der Waals surface area contributed by atoms with Crippen molar-refractivity contribution in [2.24, 2.45) is 0 Å². The van der Waals surface area contributed by atoms with Crippen molar-refractivity contribution >= 4 is 16.7 Å². The second-order valence-corrected chi connectivity index (χ2v) is 5.59. The summed E-state index contributed by atoms with van der Waals surface area (Å²) in [7, 11) is 0. The standard InChI is InChI=1S/C19H19NO3/c1-13(15-9-8-14-5-2-3-6-16(14)11-15)19(22)20-17(12-21)18-7-4-10-23-18/h2-11,13,17,21H,12H2,1H3,(H,20,22). The molecule has 0 bridgehead atoms. The van der Waals surface area contributed by atoms with E-state index in [-0.39, 0.29) is 18.4 Å². The zero-order chi connectivity index (χ0) is 16.2. The van der Waals surface area contributed by atoms with E-state index < -0.39 is 6.04 Å². The summed E-state index contributed by atoms with van der Waals surface area (Å²) in [6.45, 7) is 1.65. The number of rotatable bonds is 5. The summed E-state index contributed by atoms with van der Waals surface area (Å²) in [4.78, 5) is 12.5. The molecule has 0 saturated carbocycles. The first kappa shape index (κ1) is 15.3. The molecule has 0 saturated heterocycles. The largest absolute Gasteiger partial charge is 0.467 e. The van der Waals surface area contributed by atoms with Crippen molar-refractivity contribution in [2.45, 2.75) is 18.9 Å². The molecule has 3 rings (SSSR count). The van der Waals surface area contributed by atoms with Gasteiger partial charge in [0.15, 0.2) is 0 Å². The second-order valence-electron chi connectivity index (χ2n) is 5.59. The van der Waals surface area contributed by atoms with Gasteiger partial charge in [0.1, 0.15) is 11.8 Å². The maximum absolute atomic E-state index is 12.5. The van der Waals surface area contributed by atoms with E-state index in [1.807, 2.05) is 49.4 Å². The van der Waals surface area contributed by atoms with Gasteiger partial charge in [-0.3, -0.25) is 4.79 Å². The van der Waals surface area contributed by atoms with Crippen LogP contribution in [0.5, 0.6) is 0 Å². The minimum absolute atomic E-state index is 0.143. The van der Waals surface area contributed by atoms with E-state index in [4.69, 9.17) is 4.42 Å². The molecule has 118 valence electrons. The lowest BCUT2D eigenvalue weighted by Gasteiger charge is -2.18. The van der Waals surface area contributed by atoms with Crippen LogP contribution in [0.1, 0.15) is 30.2 Å². The molecular formula is C19H19NO3. The fourth-order valence-electron chi connectivity index (χ4n) is 2.62. The Morgan fingerprint density at radius 1 is 1.13 bits per heavy atom. The highest BCUT2D eigenvalue weighted by atomic mass is 16.3. The zero-order valence-electron chi connectivity index (χ0n) is 12.9. The Morgan fingerprint density at radius 2 is 1.91 bits per heavy atom. The van der Waals surface area contributed by atoms with E-state index in [0.717, 1.165) is 16.3 Å². The minimum Gasteiger partial charge on any atom is -0.467 e.